The summed E-state index contributed by atoms with van der Waals surface area (Å²) in [5.41, 5.74) is -0.0769. The fraction of sp³-hybridized carbons (Fsp3) is 0.556. The molecule has 1 aromatic rings. The lowest BCUT2D eigenvalue weighted by Crippen LogP contribution is -2.44. The van der Waals surface area contributed by atoms with Crippen LogP contribution in [0.1, 0.15) is 19.3 Å². The Morgan fingerprint density at radius 3 is 2.50 bits per heavy atom. The highest BCUT2D eigenvalue weighted by Gasteiger charge is 2.47. The Bertz CT molecular complexity index is 747. The highest BCUT2D eigenvalue weighted by molar-refractivity contribution is 5.84. The van der Waals surface area contributed by atoms with E-state index < -0.39 is 6.09 Å². The molecular weight excluding hydrogens is 369 g/mol. The number of carbonyl (C=O) groups excluding carboxylic acids is 1. The van der Waals surface area contributed by atoms with Crippen LogP contribution in [-0.2, 0) is 4.79 Å². The van der Waals surface area contributed by atoms with E-state index in [0.29, 0.717) is 18.0 Å². The van der Waals surface area contributed by atoms with E-state index in [1.165, 1.54) is 12.4 Å². The molecule has 2 amide bonds. The molecule has 2 N–H and O–H groups in total. The van der Waals surface area contributed by atoms with Crippen LogP contribution in [0.5, 0.6) is 5.75 Å². The third-order valence-electron chi connectivity index (χ3n) is 5.39. The number of piperidine rings is 1. The third kappa shape index (κ3) is 4.32. The second-order valence-electron chi connectivity index (χ2n) is 7.18. The summed E-state index contributed by atoms with van der Waals surface area (Å²) in [7, 11) is 1.85. The number of nitrogens with zero attached hydrogens (tertiary/aromatic N) is 4. The zero-order chi connectivity index (χ0) is 20.1. The van der Waals surface area contributed by atoms with Crippen LogP contribution in [0.15, 0.2) is 24.3 Å². The average Bonchev–Trinajstić information content (AvgIpc) is 2.98. The van der Waals surface area contributed by atoms with Crippen molar-refractivity contribution in [2.45, 2.75) is 19.3 Å². The second-order valence-corrected chi connectivity index (χ2v) is 7.18. The molecule has 9 nitrogen and oxygen atoms in total. The van der Waals surface area contributed by atoms with Gasteiger partial charge in [-0.15, -0.1) is 0 Å². The Morgan fingerprint density at radius 2 is 1.96 bits per heavy atom. The predicted octanol–water partition coefficient (Wildman–Crippen LogP) is 1.43. The topological polar surface area (TPSA) is 108 Å². The number of halogens is 1. The molecule has 10 heteroatoms. The molecule has 0 aliphatic carbocycles. The van der Waals surface area contributed by atoms with Crippen molar-refractivity contribution in [2.75, 3.05) is 44.7 Å². The van der Waals surface area contributed by atoms with Crippen molar-refractivity contribution in [1.82, 2.24) is 20.2 Å². The normalized spacial score (nSPS) is 19.2. The zero-order valence-electron chi connectivity index (χ0n) is 15.7. The van der Waals surface area contributed by atoms with Crippen molar-refractivity contribution in [3.8, 4) is 5.75 Å². The van der Waals surface area contributed by atoms with E-state index in [-0.39, 0.29) is 30.0 Å². The largest absolute Gasteiger partial charge is 0.486 e. The molecule has 0 unspecified atom stereocenters. The van der Waals surface area contributed by atoms with Crippen molar-refractivity contribution in [2.24, 2.45) is 5.41 Å². The molecule has 2 fully saturated rings. The monoisotopic (exact) mass is 393 g/mol. The number of carbonyl (C=O) groups is 2. The van der Waals surface area contributed by atoms with Gasteiger partial charge in [0.2, 0.25) is 11.9 Å². The van der Waals surface area contributed by atoms with E-state index in [2.05, 4.69) is 15.3 Å². The van der Waals surface area contributed by atoms with Crippen LogP contribution in [0, 0.1) is 5.41 Å². The van der Waals surface area contributed by atoms with Crippen LogP contribution < -0.4 is 15.0 Å². The molecule has 0 bridgehead atoms. The lowest BCUT2D eigenvalue weighted by atomic mass is 9.77. The van der Waals surface area contributed by atoms with Gasteiger partial charge in [0.1, 0.15) is 6.61 Å². The standard InChI is InChI=1S/C18H24FN5O4/c1-23-5-2-18(15(23)25)3-6-24(7-4-18)16-20-10-14(11-21-16)28-12-13(8-19)9-22-17(26)27/h8,10-11,22H,2-7,9,12H2,1H3,(H,26,27)/b13-8+. The number of aromatic nitrogens is 2. The van der Waals surface area contributed by atoms with Gasteiger partial charge in [-0.2, -0.15) is 0 Å². The molecule has 0 radical (unpaired) electrons. The van der Waals surface area contributed by atoms with E-state index in [1.54, 1.807) is 0 Å². The highest BCUT2D eigenvalue weighted by Crippen LogP contribution is 2.41. The van der Waals surface area contributed by atoms with Gasteiger partial charge < -0.3 is 25.0 Å². The molecule has 0 saturated carbocycles. The maximum atomic E-state index is 12.8. The minimum atomic E-state index is -1.23. The summed E-state index contributed by atoms with van der Waals surface area (Å²) in [4.78, 5) is 35.3. The summed E-state index contributed by atoms with van der Waals surface area (Å²) >= 11 is 0. The lowest BCUT2D eigenvalue weighted by molar-refractivity contribution is -0.135. The molecule has 3 rings (SSSR count). The van der Waals surface area contributed by atoms with Crippen LogP contribution >= 0.6 is 0 Å². The fourth-order valence-electron chi connectivity index (χ4n) is 3.63. The number of likely N-dealkylation sites (tertiary alicyclic amines) is 1. The number of hydrogen-bond acceptors (Lipinski definition) is 6. The van der Waals surface area contributed by atoms with E-state index in [0.717, 1.165) is 38.9 Å². The quantitative estimate of drug-likeness (QED) is 0.753. The Kier molecular flexibility index (Phi) is 5.96. The molecule has 0 aromatic carbocycles. The number of rotatable bonds is 6. The van der Waals surface area contributed by atoms with Crippen LogP contribution in [0.3, 0.4) is 0 Å². The van der Waals surface area contributed by atoms with Gasteiger partial charge in [0.25, 0.3) is 0 Å². The number of carboxylic acid groups (broad SMARTS) is 1. The van der Waals surface area contributed by atoms with Crippen molar-refractivity contribution in [3.05, 3.63) is 24.3 Å². The van der Waals surface area contributed by atoms with Gasteiger partial charge in [-0.3, -0.25) is 4.79 Å². The molecule has 2 saturated heterocycles. The number of ether oxygens (including phenoxy) is 1. The molecular formula is C18H24FN5O4. The first-order valence-electron chi connectivity index (χ1n) is 9.14. The highest BCUT2D eigenvalue weighted by atomic mass is 19.1. The van der Waals surface area contributed by atoms with Gasteiger partial charge in [0.05, 0.1) is 24.1 Å². The zero-order valence-corrected chi connectivity index (χ0v) is 15.7. The SMILES string of the molecule is CN1CCC2(CCN(c3ncc(OC/C(=C/F)CNC(=O)O)cn3)CC2)C1=O. The minimum absolute atomic E-state index is 0.110. The van der Waals surface area contributed by atoms with Gasteiger partial charge in [-0.05, 0) is 19.3 Å². The van der Waals surface area contributed by atoms with Crippen molar-refractivity contribution in [1.29, 1.82) is 0 Å². The van der Waals surface area contributed by atoms with Crippen LogP contribution in [-0.4, -0.2) is 71.8 Å². The molecule has 2 aliphatic heterocycles. The van der Waals surface area contributed by atoms with Crippen LogP contribution in [0.4, 0.5) is 15.1 Å². The Labute approximate surface area is 162 Å². The number of anilines is 1. The predicted molar refractivity (Wildman–Crippen MR) is 98.9 cm³/mol. The smallest absolute Gasteiger partial charge is 0.404 e. The minimum Gasteiger partial charge on any atom is -0.486 e. The van der Waals surface area contributed by atoms with Crippen molar-refractivity contribution in [3.63, 3.8) is 0 Å². The molecule has 28 heavy (non-hydrogen) atoms. The molecule has 3 heterocycles. The molecule has 1 spiro atoms. The number of amides is 2. The van der Waals surface area contributed by atoms with E-state index in [9.17, 15) is 14.0 Å². The second kappa shape index (κ2) is 8.41. The summed E-state index contributed by atoms with van der Waals surface area (Å²) in [6, 6.07) is 0. The van der Waals surface area contributed by atoms with Crippen LogP contribution in [0.2, 0.25) is 0 Å². The first-order chi connectivity index (χ1) is 13.4. The van der Waals surface area contributed by atoms with Crippen molar-refractivity contribution < 1.29 is 23.8 Å². The van der Waals surface area contributed by atoms with Gasteiger partial charge >= 0.3 is 6.09 Å². The maximum Gasteiger partial charge on any atom is 0.404 e. The third-order valence-corrected chi connectivity index (χ3v) is 5.39. The van der Waals surface area contributed by atoms with E-state index in [1.807, 2.05) is 16.8 Å². The summed E-state index contributed by atoms with van der Waals surface area (Å²) in [5.74, 6) is 1.17. The Hall–Kier alpha value is -2.91. The first-order valence-corrected chi connectivity index (χ1v) is 9.14. The maximum absolute atomic E-state index is 12.8. The summed E-state index contributed by atoms with van der Waals surface area (Å²) in [6.45, 7) is 1.99. The van der Waals surface area contributed by atoms with Gasteiger partial charge in [0.15, 0.2) is 5.75 Å². The van der Waals surface area contributed by atoms with Gasteiger partial charge in [-0.1, -0.05) is 0 Å². The molecule has 1 aromatic heterocycles. The van der Waals surface area contributed by atoms with E-state index >= 15 is 0 Å². The number of hydrogen-bond donors (Lipinski definition) is 2. The molecule has 152 valence electrons. The average molecular weight is 393 g/mol. The summed E-state index contributed by atoms with van der Waals surface area (Å²) in [6.07, 6.45) is 4.57. The first kappa shape index (κ1) is 19.8. The van der Waals surface area contributed by atoms with E-state index in [4.69, 9.17) is 9.84 Å². The van der Waals surface area contributed by atoms with Gasteiger partial charge in [0, 0.05) is 38.8 Å². The fourth-order valence-corrected chi connectivity index (χ4v) is 3.63. The molecule has 0 atom stereocenters. The van der Waals surface area contributed by atoms with Crippen LogP contribution in [0.25, 0.3) is 0 Å². The number of nitrogens with one attached hydrogen (secondary N) is 1. The molecule has 2 aliphatic rings. The lowest BCUT2D eigenvalue weighted by Gasteiger charge is -2.37. The Balaban J connectivity index is 1.51. The van der Waals surface area contributed by atoms with Gasteiger partial charge in [-0.25, -0.2) is 19.2 Å². The van der Waals surface area contributed by atoms with Crippen molar-refractivity contribution >= 4 is 17.9 Å². The summed E-state index contributed by atoms with van der Waals surface area (Å²) < 4.78 is 18.2. The summed E-state index contributed by atoms with van der Waals surface area (Å²) in [5, 5.41) is 10.6. The Morgan fingerprint density at radius 1 is 1.32 bits per heavy atom.